The molecule has 1 atom stereocenters. The van der Waals surface area contributed by atoms with E-state index < -0.39 is 22.9 Å². The number of pyridine rings is 1. The Labute approximate surface area is 218 Å². The summed E-state index contributed by atoms with van der Waals surface area (Å²) in [6.45, 7) is 4.12. The molecule has 0 fully saturated rings. The van der Waals surface area contributed by atoms with Crippen LogP contribution in [0.5, 0.6) is 0 Å². The summed E-state index contributed by atoms with van der Waals surface area (Å²) in [4.78, 5) is 25.6. The third kappa shape index (κ3) is 4.65. The number of aromatic nitrogens is 1. The third-order valence-electron chi connectivity index (χ3n) is 6.87. The molecule has 1 aromatic heterocycles. The highest BCUT2D eigenvalue weighted by molar-refractivity contribution is 6.01. The monoisotopic (exact) mass is 520 g/mol. The summed E-state index contributed by atoms with van der Waals surface area (Å²) >= 11 is 0. The molecule has 1 N–H and O–H groups in total. The smallest absolute Gasteiger partial charge is 0.200 e. The van der Waals surface area contributed by atoms with Gasteiger partial charge in [-0.2, -0.15) is 0 Å². The fourth-order valence-electron chi connectivity index (χ4n) is 4.56. The van der Waals surface area contributed by atoms with E-state index in [1.165, 1.54) is 30.3 Å². The number of benzene rings is 3. The Hall–Kier alpha value is -4.11. The lowest BCUT2D eigenvalue weighted by Gasteiger charge is -2.28. The van der Waals surface area contributed by atoms with Gasteiger partial charge in [0.25, 0.3) is 0 Å². The number of hydrogen-bond acceptors (Lipinski definition) is 5. The molecule has 1 aliphatic heterocycles. The van der Waals surface area contributed by atoms with Crippen molar-refractivity contribution in [2.24, 2.45) is 4.99 Å². The Morgan fingerprint density at radius 3 is 2.26 bits per heavy atom. The molecule has 2 heterocycles. The van der Waals surface area contributed by atoms with Crippen LogP contribution in [-0.4, -0.2) is 30.7 Å². The summed E-state index contributed by atoms with van der Waals surface area (Å²) in [7, 11) is 3.44. The molecule has 4 aromatic rings. The maximum atomic E-state index is 15.0. The first-order valence-electron chi connectivity index (χ1n) is 12.1. The van der Waals surface area contributed by atoms with Gasteiger partial charge in [-0.25, -0.2) is 28.5 Å². The van der Waals surface area contributed by atoms with Crippen molar-refractivity contribution >= 4 is 22.4 Å². The van der Waals surface area contributed by atoms with Gasteiger partial charge in [0, 0.05) is 37.6 Å². The van der Waals surface area contributed by atoms with Gasteiger partial charge in [0.1, 0.15) is 17.5 Å². The van der Waals surface area contributed by atoms with Gasteiger partial charge in [-0.1, -0.05) is 38.1 Å². The van der Waals surface area contributed by atoms with Gasteiger partial charge in [-0.3, -0.25) is 4.79 Å². The number of fused-ring (bicyclic) bond motifs is 1. The van der Waals surface area contributed by atoms with Gasteiger partial charge in [0.2, 0.25) is 0 Å². The minimum atomic E-state index is -0.712. The summed E-state index contributed by atoms with van der Waals surface area (Å²) in [6.07, 6.45) is 0.935. The molecule has 0 spiro atoms. The van der Waals surface area contributed by atoms with Crippen molar-refractivity contribution < 1.29 is 18.0 Å². The highest BCUT2D eigenvalue weighted by atomic mass is 19.1. The summed E-state index contributed by atoms with van der Waals surface area (Å²) in [5, 5.41) is 0.179. The second-order valence-corrected chi connectivity index (χ2v) is 10.1. The zero-order valence-corrected chi connectivity index (χ0v) is 21.4. The molecule has 1 unspecified atom stereocenters. The molecule has 0 radical (unpaired) electrons. The maximum Gasteiger partial charge on any atom is 0.200 e. The Balaban J connectivity index is 1.63. The van der Waals surface area contributed by atoms with Gasteiger partial charge >= 0.3 is 0 Å². The van der Waals surface area contributed by atoms with Crippen LogP contribution in [0.1, 0.15) is 30.5 Å². The van der Waals surface area contributed by atoms with Crippen molar-refractivity contribution in [1.82, 2.24) is 10.0 Å². The minimum absolute atomic E-state index is 0.179. The predicted octanol–water partition coefficient (Wildman–Crippen LogP) is 5.12. The van der Waals surface area contributed by atoms with Gasteiger partial charge in [-0.05, 0) is 47.5 Å². The van der Waals surface area contributed by atoms with Crippen LogP contribution >= 0.6 is 0 Å². The fourth-order valence-corrected chi connectivity index (χ4v) is 4.56. The van der Waals surface area contributed by atoms with Gasteiger partial charge < -0.3 is 9.47 Å². The standard InChI is InChI=1S/C29H27F3N4O2/c1-29(2,18-7-11-20(31)12-8-18)28-33-27(34-38-28)22-16-36(15-17-5-9-19(30)10-6-17)24-14-25(35(3)4)23(32)13-21(24)26(22)37/h5-14,16,28H,15H2,1-4H3,(H,33,34). The lowest BCUT2D eigenvalue weighted by Crippen LogP contribution is -2.34. The molecular weight excluding hydrogens is 493 g/mol. The van der Waals surface area contributed by atoms with E-state index in [1.54, 1.807) is 55.5 Å². The highest BCUT2D eigenvalue weighted by Crippen LogP contribution is 2.32. The average molecular weight is 521 g/mol. The van der Waals surface area contributed by atoms with Crippen molar-refractivity contribution in [2.75, 3.05) is 19.0 Å². The fraction of sp³-hybridized carbons (Fsp3) is 0.241. The number of anilines is 1. The third-order valence-corrected chi connectivity index (χ3v) is 6.87. The van der Waals surface area contributed by atoms with E-state index in [-0.39, 0.29) is 28.4 Å². The van der Waals surface area contributed by atoms with E-state index >= 15 is 0 Å². The van der Waals surface area contributed by atoms with Crippen LogP contribution in [0.25, 0.3) is 10.9 Å². The van der Waals surface area contributed by atoms with Crippen LogP contribution < -0.4 is 15.8 Å². The number of nitrogens with one attached hydrogen (secondary N) is 1. The summed E-state index contributed by atoms with van der Waals surface area (Å²) in [6, 6.07) is 15.0. The van der Waals surface area contributed by atoms with Crippen LogP contribution in [0, 0.1) is 17.5 Å². The molecule has 196 valence electrons. The van der Waals surface area contributed by atoms with Gasteiger partial charge in [-0.15, -0.1) is 0 Å². The molecule has 5 rings (SSSR count). The largest absolute Gasteiger partial charge is 0.375 e. The molecule has 0 aliphatic carbocycles. The van der Waals surface area contributed by atoms with Gasteiger partial charge in [0.15, 0.2) is 17.5 Å². The second-order valence-electron chi connectivity index (χ2n) is 10.1. The van der Waals surface area contributed by atoms with Crippen LogP contribution in [0.2, 0.25) is 0 Å². The lowest BCUT2D eigenvalue weighted by molar-refractivity contribution is -0.00367. The molecule has 6 nitrogen and oxygen atoms in total. The summed E-state index contributed by atoms with van der Waals surface area (Å²) in [5.41, 5.74) is 4.37. The summed E-state index contributed by atoms with van der Waals surface area (Å²) in [5.74, 6) is -1.02. The van der Waals surface area contributed by atoms with E-state index in [0.29, 0.717) is 17.7 Å². The Morgan fingerprint density at radius 1 is 1.00 bits per heavy atom. The van der Waals surface area contributed by atoms with E-state index in [1.807, 2.05) is 18.4 Å². The summed E-state index contributed by atoms with van der Waals surface area (Å²) < 4.78 is 43.8. The molecule has 1 aliphatic rings. The van der Waals surface area contributed by atoms with Crippen LogP contribution in [0.15, 0.2) is 76.6 Å². The van der Waals surface area contributed by atoms with E-state index in [4.69, 9.17) is 4.84 Å². The first-order chi connectivity index (χ1) is 18.0. The molecule has 0 amide bonds. The SMILES string of the molecule is CN(C)c1cc2c(cc1F)c(=O)c(C1=NC(C(C)(C)c3ccc(F)cc3)ON1)cn2Cc1ccc(F)cc1. The molecular formula is C29H27F3N4O2. The highest BCUT2D eigenvalue weighted by Gasteiger charge is 2.37. The average Bonchev–Trinajstić information content (AvgIpc) is 3.38. The zero-order valence-electron chi connectivity index (χ0n) is 21.4. The van der Waals surface area contributed by atoms with E-state index in [9.17, 15) is 18.0 Å². The van der Waals surface area contributed by atoms with E-state index in [0.717, 1.165) is 11.1 Å². The van der Waals surface area contributed by atoms with Crippen molar-refractivity contribution in [3.63, 3.8) is 0 Å². The normalized spacial score (nSPS) is 15.4. The number of nitrogens with zero attached hydrogens (tertiary/aromatic N) is 3. The number of halogens is 3. The van der Waals surface area contributed by atoms with Crippen LogP contribution in [0.4, 0.5) is 18.9 Å². The Bertz CT molecular complexity index is 1590. The first-order valence-corrected chi connectivity index (χ1v) is 12.1. The first kappa shape index (κ1) is 25.5. The van der Waals surface area contributed by atoms with Crippen molar-refractivity contribution in [3.05, 3.63) is 111 Å². The quantitative estimate of drug-likeness (QED) is 0.384. The molecule has 0 saturated carbocycles. The van der Waals surface area contributed by atoms with E-state index in [2.05, 4.69) is 10.5 Å². The van der Waals surface area contributed by atoms with Crippen molar-refractivity contribution in [1.29, 1.82) is 0 Å². The molecule has 0 saturated heterocycles. The second kappa shape index (κ2) is 9.64. The lowest BCUT2D eigenvalue weighted by atomic mass is 9.83. The predicted molar refractivity (Wildman–Crippen MR) is 142 cm³/mol. The van der Waals surface area contributed by atoms with Crippen molar-refractivity contribution in [3.8, 4) is 0 Å². The number of aliphatic imine (C=N–C) groups is 1. The molecule has 9 heteroatoms. The van der Waals surface area contributed by atoms with Crippen LogP contribution in [0.3, 0.4) is 0 Å². The number of amidine groups is 1. The molecule has 38 heavy (non-hydrogen) atoms. The van der Waals surface area contributed by atoms with Gasteiger partial charge in [0.05, 0.1) is 16.8 Å². The topological polar surface area (TPSA) is 58.9 Å². The Morgan fingerprint density at radius 2 is 1.63 bits per heavy atom. The number of rotatable bonds is 6. The zero-order chi connectivity index (χ0) is 27.2. The Kier molecular flexibility index (Phi) is 6.48. The maximum absolute atomic E-state index is 15.0. The number of hydroxylamine groups is 1. The molecule has 0 bridgehead atoms. The van der Waals surface area contributed by atoms with Crippen LogP contribution in [-0.2, 0) is 16.8 Å². The van der Waals surface area contributed by atoms with Crippen molar-refractivity contribution in [2.45, 2.75) is 32.0 Å². The molecule has 3 aromatic carbocycles. The minimum Gasteiger partial charge on any atom is -0.375 e. The number of hydrogen-bond donors (Lipinski definition) is 1.